The Labute approximate surface area is 307 Å². The van der Waals surface area contributed by atoms with E-state index >= 15 is 0 Å². The minimum absolute atomic E-state index is 0.0491. The van der Waals surface area contributed by atoms with Crippen LogP contribution in [0, 0.1) is 0 Å². The van der Waals surface area contributed by atoms with Crippen LogP contribution in [0.25, 0.3) is 21.5 Å². The Morgan fingerprint density at radius 2 is 0.833 bits per heavy atom. The van der Waals surface area contributed by atoms with Crippen molar-refractivity contribution in [2.75, 3.05) is 20.1 Å². The number of benzene rings is 6. The fourth-order valence-electron chi connectivity index (χ4n) is 5.27. The van der Waals surface area contributed by atoms with Crippen molar-refractivity contribution in [1.29, 1.82) is 0 Å². The summed E-state index contributed by atoms with van der Waals surface area (Å²) >= 11 is 0. The molecule has 6 aromatic rings. The van der Waals surface area contributed by atoms with Crippen molar-refractivity contribution in [3.8, 4) is 11.5 Å². The molecule has 0 saturated carbocycles. The molecule has 54 heavy (non-hydrogen) atoms. The maximum atomic E-state index is 13.2. The summed E-state index contributed by atoms with van der Waals surface area (Å²) in [6, 6.07) is 21.7. The number of phenolic OH excluding ortho intramolecular Hbond substituents is 2. The Balaban J connectivity index is 1.13. The molecule has 17 nitrogen and oxygen atoms in total. The maximum Gasteiger partial charge on any atom is 0.323 e. The maximum absolute atomic E-state index is 13.2. The SMILES string of the molecule is O=C(Nc1cccc(S(=O)(=O)Nc2ccc3cc(S(=O)(=O)O)c(O)cc3c2)c1)Nc1cccc(S(=O)(=O)Nc2ccc3cc(S(=O)(=O)O)c(O)cc3c2)c1. The lowest BCUT2D eigenvalue weighted by Crippen LogP contribution is -2.20. The molecule has 0 atom stereocenters. The van der Waals surface area contributed by atoms with Crippen molar-refractivity contribution >= 4 is 90.6 Å². The number of amides is 2. The van der Waals surface area contributed by atoms with E-state index in [0.29, 0.717) is 0 Å². The first-order valence-electron chi connectivity index (χ1n) is 15.0. The smallest absolute Gasteiger partial charge is 0.323 e. The summed E-state index contributed by atoms with van der Waals surface area (Å²) in [6.45, 7) is 0. The number of carbonyl (C=O) groups excluding carboxylic acids is 1. The summed E-state index contributed by atoms with van der Waals surface area (Å²) in [5.74, 6) is -1.47. The van der Waals surface area contributed by atoms with E-state index in [1.165, 1.54) is 72.8 Å². The number of rotatable bonds is 10. The molecule has 0 bridgehead atoms. The van der Waals surface area contributed by atoms with Crippen LogP contribution < -0.4 is 20.1 Å². The van der Waals surface area contributed by atoms with Gasteiger partial charge in [0.25, 0.3) is 40.3 Å². The molecule has 0 aromatic heterocycles. The monoisotopic (exact) mass is 814 g/mol. The van der Waals surface area contributed by atoms with E-state index < -0.39 is 67.6 Å². The molecule has 280 valence electrons. The lowest BCUT2D eigenvalue weighted by Gasteiger charge is -2.13. The van der Waals surface area contributed by atoms with Gasteiger partial charge in [-0.05, 0) is 106 Å². The average Bonchev–Trinajstić information content (AvgIpc) is 3.06. The topological polar surface area (TPSA) is 283 Å². The third-order valence-electron chi connectivity index (χ3n) is 7.70. The molecule has 0 unspecified atom stereocenters. The average molecular weight is 815 g/mol. The molecule has 8 N–H and O–H groups in total. The number of phenols is 2. The Morgan fingerprint density at radius 3 is 1.20 bits per heavy atom. The van der Waals surface area contributed by atoms with Crippen LogP contribution in [0.4, 0.5) is 27.5 Å². The molecule has 0 fully saturated rings. The molecule has 0 radical (unpaired) electrons. The van der Waals surface area contributed by atoms with Gasteiger partial charge < -0.3 is 20.8 Å². The number of fused-ring (bicyclic) bond motifs is 2. The summed E-state index contributed by atoms with van der Waals surface area (Å²) in [6.07, 6.45) is 0. The fourth-order valence-corrected chi connectivity index (χ4v) is 8.66. The van der Waals surface area contributed by atoms with E-state index in [-0.39, 0.29) is 54.1 Å². The molecule has 0 saturated heterocycles. The summed E-state index contributed by atoms with van der Waals surface area (Å²) in [5.41, 5.74) is 0.202. The molecule has 2 amide bonds. The zero-order chi connectivity index (χ0) is 39.2. The van der Waals surface area contributed by atoms with Gasteiger partial charge in [-0.15, -0.1) is 0 Å². The number of nitrogens with one attached hydrogen (secondary N) is 4. The van der Waals surface area contributed by atoms with Crippen LogP contribution >= 0.6 is 0 Å². The quantitative estimate of drug-likeness (QED) is 0.0833. The van der Waals surface area contributed by atoms with Gasteiger partial charge in [-0.2, -0.15) is 16.8 Å². The number of aromatic hydroxyl groups is 2. The molecule has 0 heterocycles. The van der Waals surface area contributed by atoms with Crippen LogP contribution in [0.5, 0.6) is 11.5 Å². The summed E-state index contributed by atoms with van der Waals surface area (Å²) in [4.78, 5) is 10.9. The van der Waals surface area contributed by atoms with Gasteiger partial charge in [0, 0.05) is 22.7 Å². The van der Waals surface area contributed by atoms with Crippen LogP contribution in [0.1, 0.15) is 0 Å². The highest BCUT2D eigenvalue weighted by Crippen LogP contribution is 2.32. The second kappa shape index (κ2) is 13.8. The van der Waals surface area contributed by atoms with Crippen molar-refractivity contribution in [3.63, 3.8) is 0 Å². The van der Waals surface area contributed by atoms with E-state index in [1.807, 2.05) is 0 Å². The Kier molecular flexibility index (Phi) is 9.64. The zero-order valence-electron chi connectivity index (χ0n) is 27.0. The first kappa shape index (κ1) is 37.8. The largest absolute Gasteiger partial charge is 0.506 e. The third kappa shape index (κ3) is 8.30. The van der Waals surface area contributed by atoms with Crippen LogP contribution in [-0.2, 0) is 40.3 Å². The summed E-state index contributed by atoms with van der Waals surface area (Å²) in [5, 5.41) is 26.1. The Morgan fingerprint density at radius 1 is 0.444 bits per heavy atom. The van der Waals surface area contributed by atoms with Crippen LogP contribution in [0.3, 0.4) is 0 Å². The molecule has 6 rings (SSSR count). The van der Waals surface area contributed by atoms with E-state index in [1.54, 1.807) is 0 Å². The highest BCUT2D eigenvalue weighted by atomic mass is 32.2. The van der Waals surface area contributed by atoms with Gasteiger partial charge in [-0.25, -0.2) is 21.6 Å². The van der Waals surface area contributed by atoms with Gasteiger partial charge in [0.2, 0.25) is 0 Å². The van der Waals surface area contributed by atoms with Gasteiger partial charge in [-0.1, -0.05) is 24.3 Å². The lowest BCUT2D eigenvalue weighted by atomic mass is 10.1. The fraction of sp³-hybridized carbons (Fsp3) is 0. The van der Waals surface area contributed by atoms with Gasteiger partial charge in [0.05, 0.1) is 9.79 Å². The summed E-state index contributed by atoms with van der Waals surface area (Å²) < 4.78 is 122. The Bertz CT molecular complexity index is 2770. The van der Waals surface area contributed by atoms with Gasteiger partial charge in [-0.3, -0.25) is 18.5 Å². The van der Waals surface area contributed by atoms with E-state index in [9.17, 15) is 57.8 Å². The number of hydrogen-bond acceptors (Lipinski definition) is 11. The second-order valence-electron chi connectivity index (χ2n) is 11.6. The van der Waals surface area contributed by atoms with Crippen LogP contribution in [-0.4, -0.2) is 59.0 Å². The highest BCUT2D eigenvalue weighted by molar-refractivity contribution is 7.93. The summed E-state index contributed by atoms with van der Waals surface area (Å²) in [7, 11) is -17.9. The number of hydrogen-bond donors (Lipinski definition) is 8. The van der Waals surface area contributed by atoms with E-state index in [0.717, 1.165) is 36.4 Å². The predicted octanol–water partition coefficient (Wildman–Crippen LogP) is 5.14. The number of carbonyl (C=O) groups is 1. The molecular formula is C33H26N4O13S4. The van der Waals surface area contributed by atoms with Crippen LogP contribution in [0.2, 0.25) is 0 Å². The highest BCUT2D eigenvalue weighted by Gasteiger charge is 2.21. The molecular weight excluding hydrogens is 789 g/mol. The van der Waals surface area contributed by atoms with Crippen molar-refractivity contribution in [2.45, 2.75) is 19.6 Å². The van der Waals surface area contributed by atoms with Gasteiger partial charge >= 0.3 is 6.03 Å². The minimum atomic E-state index is -4.71. The molecule has 0 aliphatic carbocycles. The minimum Gasteiger partial charge on any atom is -0.506 e. The molecule has 6 aromatic carbocycles. The van der Waals surface area contributed by atoms with E-state index in [2.05, 4.69) is 20.1 Å². The first-order chi connectivity index (χ1) is 25.2. The van der Waals surface area contributed by atoms with Crippen molar-refractivity contribution in [2.24, 2.45) is 0 Å². The predicted molar refractivity (Wildman–Crippen MR) is 198 cm³/mol. The van der Waals surface area contributed by atoms with Crippen molar-refractivity contribution < 1.29 is 57.8 Å². The zero-order valence-corrected chi connectivity index (χ0v) is 30.3. The lowest BCUT2D eigenvalue weighted by molar-refractivity contribution is 0.262. The second-order valence-corrected chi connectivity index (χ2v) is 17.7. The molecule has 0 aliphatic rings. The normalized spacial score (nSPS) is 12.3. The van der Waals surface area contributed by atoms with Gasteiger partial charge in [0.15, 0.2) is 0 Å². The Hall–Kier alpha value is -5.97. The number of sulfonamides is 2. The number of anilines is 4. The first-order valence-corrected chi connectivity index (χ1v) is 20.8. The molecule has 0 spiro atoms. The van der Waals surface area contributed by atoms with Crippen molar-refractivity contribution in [3.05, 3.63) is 109 Å². The van der Waals surface area contributed by atoms with Crippen LogP contribution in [0.15, 0.2) is 129 Å². The van der Waals surface area contributed by atoms with Gasteiger partial charge in [0.1, 0.15) is 21.3 Å². The van der Waals surface area contributed by atoms with E-state index in [4.69, 9.17) is 0 Å². The molecule has 21 heteroatoms. The number of urea groups is 1. The molecule has 0 aliphatic heterocycles. The van der Waals surface area contributed by atoms with Crippen molar-refractivity contribution in [1.82, 2.24) is 0 Å². The standard InChI is InChI=1S/C33H26N4O13S4/c38-29-13-21-11-25(9-7-19(21)15-31(29)53(45,46)47)36-51(41,42)27-5-1-3-23(17-27)34-33(40)35-24-4-2-6-28(18-24)52(43,44)37-26-10-8-20-16-32(54(48,49)50)30(39)14-22(20)12-26/h1-18,36-39H,(H2,34,35,40)(H,45,46,47)(H,48,49,50). The third-order valence-corrected chi connectivity index (χ3v) is 12.2.